The molecule has 0 fully saturated rings. The van der Waals surface area contributed by atoms with Crippen molar-refractivity contribution in [3.63, 3.8) is 0 Å². The van der Waals surface area contributed by atoms with Crippen molar-refractivity contribution in [2.75, 3.05) is 13.2 Å². The zero-order valence-corrected chi connectivity index (χ0v) is 20.6. The highest BCUT2D eigenvalue weighted by atomic mass is 31.2. The van der Waals surface area contributed by atoms with Crippen LogP contribution >= 0.6 is 16.1 Å². The quantitative estimate of drug-likeness (QED) is 0.163. The summed E-state index contributed by atoms with van der Waals surface area (Å²) in [6.45, 7) is 0.831. The van der Waals surface area contributed by atoms with E-state index in [2.05, 4.69) is 0 Å². The van der Waals surface area contributed by atoms with Crippen molar-refractivity contribution in [2.45, 2.75) is 6.42 Å². The van der Waals surface area contributed by atoms with Gasteiger partial charge in [-0.25, -0.2) is 4.57 Å². The molecule has 0 amide bonds. The van der Waals surface area contributed by atoms with Gasteiger partial charge in [-0.2, -0.15) is 0 Å². The molecule has 0 bridgehead atoms. The molecule has 0 heterocycles. The molecule has 8 heteroatoms. The molecule has 0 aliphatic heterocycles. The van der Waals surface area contributed by atoms with Crippen molar-refractivity contribution < 1.29 is 27.7 Å². The fourth-order valence-electron chi connectivity index (χ4n) is 3.18. The van der Waals surface area contributed by atoms with Gasteiger partial charge in [0.2, 0.25) is 0 Å². The molecule has 6 nitrogen and oxygen atoms in total. The Morgan fingerprint density at radius 2 is 1.11 bits per heavy atom. The Morgan fingerprint density at radius 1 is 0.600 bits per heavy atom. The first kappa shape index (κ1) is 24.5. The maximum Gasteiger partial charge on any atom is 0.462 e. The van der Waals surface area contributed by atoms with Crippen molar-refractivity contribution in [3.8, 4) is 23.0 Å². The molecular weight excluding hydrogens is 482 g/mol. The van der Waals surface area contributed by atoms with Crippen LogP contribution in [0.5, 0.6) is 23.0 Å². The molecule has 0 unspecified atom stereocenters. The van der Waals surface area contributed by atoms with Crippen molar-refractivity contribution in [1.82, 2.24) is 0 Å². The summed E-state index contributed by atoms with van der Waals surface area (Å²) >= 11 is 0. The minimum Gasteiger partial charge on any atom is -0.493 e. The first-order valence-electron chi connectivity index (χ1n) is 11.0. The summed E-state index contributed by atoms with van der Waals surface area (Å²) in [7, 11) is -3.81. The summed E-state index contributed by atoms with van der Waals surface area (Å²) in [6, 6.07) is 31.9. The van der Waals surface area contributed by atoms with Crippen molar-refractivity contribution >= 4 is 26.7 Å². The van der Waals surface area contributed by atoms with Gasteiger partial charge in [0.05, 0.1) is 18.5 Å². The molecule has 0 radical (unpaired) electrons. The predicted molar refractivity (Wildman–Crippen MR) is 137 cm³/mol. The normalized spacial score (nSPS) is 11.1. The van der Waals surface area contributed by atoms with E-state index in [4.69, 9.17) is 18.5 Å². The fraction of sp³-hybridized carbons (Fsp3) is 0.111. The van der Waals surface area contributed by atoms with Gasteiger partial charge in [-0.15, -0.1) is 0 Å². The maximum absolute atomic E-state index is 13.9. The van der Waals surface area contributed by atoms with Gasteiger partial charge in [0.1, 0.15) is 23.0 Å². The molecule has 0 aromatic heterocycles. The molecule has 0 saturated carbocycles. The van der Waals surface area contributed by atoms with E-state index in [1.165, 1.54) is 0 Å². The highest BCUT2D eigenvalue weighted by Gasteiger charge is 2.32. The van der Waals surface area contributed by atoms with Crippen LogP contribution in [-0.4, -0.2) is 13.2 Å². The summed E-state index contributed by atoms with van der Waals surface area (Å²) in [5.74, 6) is 2.08. The van der Waals surface area contributed by atoms with E-state index >= 15 is 0 Å². The number of hydrogen-bond donors (Lipinski definition) is 0. The van der Waals surface area contributed by atoms with E-state index in [1.807, 2.05) is 18.2 Å². The summed E-state index contributed by atoms with van der Waals surface area (Å²) in [5, 5.41) is 1.04. The lowest BCUT2D eigenvalue weighted by atomic mass is 10.3. The fourth-order valence-corrected chi connectivity index (χ4v) is 5.10. The van der Waals surface area contributed by atoms with Crippen LogP contribution in [0.1, 0.15) is 6.42 Å². The van der Waals surface area contributed by atoms with Crippen molar-refractivity contribution in [1.29, 1.82) is 0 Å². The van der Waals surface area contributed by atoms with Gasteiger partial charge in [0.25, 0.3) is 0 Å². The van der Waals surface area contributed by atoms with Crippen LogP contribution in [0.3, 0.4) is 0 Å². The number of para-hydroxylation sites is 2. The molecule has 4 aromatic carbocycles. The Morgan fingerprint density at radius 3 is 1.69 bits per heavy atom. The third kappa shape index (κ3) is 7.19. The van der Waals surface area contributed by atoms with Crippen molar-refractivity contribution in [3.05, 3.63) is 109 Å². The largest absolute Gasteiger partial charge is 0.493 e. The second-order valence-electron chi connectivity index (χ2n) is 7.44. The van der Waals surface area contributed by atoms with E-state index in [9.17, 15) is 9.13 Å². The molecule has 4 aromatic rings. The predicted octanol–water partition coefficient (Wildman–Crippen LogP) is 6.43. The Bertz CT molecular complexity index is 1240. The lowest BCUT2D eigenvalue weighted by Gasteiger charge is -2.21. The van der Waals surface area contributed by atoms with Crippen molar-refractivity contribution in [2.24, 2.45) is 0 Å². The molecule has 0 atom stereocenters. The Hall–Kier alpha value is -3.59. The zero-order valence-electron chi connectivity index (χ0n) is 18.9. The molecule has 0 aliphatic rings. The van der Waals surface area contributed by atoms with Gasteiger partial charge in [0.15, 0.2) is 8.46 Å². The smallest absolute Gasteiger partial charge is 0.462 e. The number of hydrogen-bond acceptors (Lipinski definition) is 6. The van der Waals surface area contributed by atoms with Crippen LogP contribution < -0.4 is 29.1 Å². The van der Waals surface area contributed by atoms with E-state index in [1.54, 1.807) is 91.0 Å². The van der Waals surface area contributed by atoms with Crippen LogP contribution in [0, 0.1) is 0 Å². The molecule has 0 aliphatic carbocycles. The van der Waals surface area contributed by atoms with Gasteiger partial charge < -0.3 is 18.5 Å². The van der Waals surface area contributed by atoms with E-state index < -0.39 is 7.60 Å². The van der Waals surface area contributed by atoms with Gasteiger partial charge in [-0.1, -0.05) is 48.5 Å². The summed E-state index contributed by atoms with van der Waals surface area (Å²) < 4.78 is 48.3. The van der Waals surface area contributed by atoms with Gasteiger partial charge in [-0.05, 0) is 60.7 Å². The molecule has 4 rings (SSSR count). The minimum atomic E-state index is -3.77. The average Bonchev–Trinajstić information content (AvgIpc) is 2.90. The van der Waals surface area contributed by atoms with Crippen LogP contribution in [0.2, 0.25) is 0 Å². The Labute approximate surface area is 206 Å². The molecule has 0 spiro atoms. The Kier molecular flexibility index (Phi) is 8.56. The Balaban J connectivity index is 1.41. The number of rotatable bonds is 12. The maximum atomic E-state index is 13.9. The minimum absolute atomic E-state index is 0.0403. The molecular formula is C27H24O6P2. The van der Waals surface area contributed by atoms with E-state index in [0.717, 1.165) is 0 Å². The standard InChI is InChI=1S/C27H24O6P2/c28-34-26-16-7-14-24(20-26)30-18-9-19-31-25-15-8-17-27(21-25)35(29,32-22-10-3-1-4-11-22)33-23-12-5-2-6-13-23/h1-8,10-17,20-21H,9,18-19H2. The number of ether oxygens (including phenoxy) is 2. The van der Waals surface area contributed by atoms with Crippen LogP contribution in [0.4, 0.5) is 0 Å². The summed E-state index contributed by atoms with van der Waals surface area (Å²) in [6.07, 6.45) is 0.627. The molecule has 0 saturated heterocycles. The highest BCUT2D eigenvalue weighted by molar-refractivity contribution is 7.63. The van der Waals surface area contributed by atoms with Crippen LogP contribution in [0.25, 0.3) is 0 Å². The van der Waals surface area contributed by atoms with Gasteiger partial charge in [0, 0.05) is 11.7 Å². The topological polar surface area (TPSA) is 71.1 Å². The third-order valence-electron chi connectivity index (χ3n) is 4.82. The first-order valence-corrected chi connectivity index (χ1v) is 13.4. The zero-order chi connectivity index (χ0) is 24.3. The monoisotopic (exact) mass is 506 g/mol. The highest BCUT2D eigenvalue weighted by Crippen LogP contribution is 2.48. The summed E-state index contributed by atoms with van der Waals surface area (Å²) in [4.78, 5) is 0. The van der Waals surface area contributed by atoms with Crippen LogP contribution in [-0.2, 0) is 9.13 Å². The lowest BCUT2D eigenvalue weighted by molar-refractivity contribution is 0.247. The summed E-state index contributed by atoms with van der Waals surface area (Å²) in [5.41, 5.74) is 0. The third-order valence-corrected chi connectivity index (χ3v) is 7.12. The molecule has 35 heavy (non-hydrogen) atoms. The van der Waals surface area contributed by atoms with Crippen LogP contribution in [0.15, 0.2) is 109 Å². The van der Waals surface area contributed by atoms with Gasteiger partial charge in [-0.3, -0.25) is 4.57 Å². The first-order chi connectivity index (χ1) is 17.1. The molecule has 178 valence electrons. The second-order valence-corrected chi connectivity index (χ2v) is 10.0. The van der Waals surface area contributed by atoms with E-state index in [0.29, 0.717) is 53.2 Å². The average molecular weight is 506 g/mol. The van der Waals surface area contributed by atoms with Gasteiger partial charge >= 0.3 is 7.60 Å². The SMILES string of the molecule is O=Pc1cccc(OCCCOc2cccc(P(=O)(Oc3ccccc3)Oc3ccccc3)c2)c1. The molecule has 0 N–H and O–H groups in total. The number of benzene rings is 4. The second kappa shape index (κ2) is 12.2. The van der Waals surface area contributed by atoms with E-state index in [-0.39, 0.29) is 8.46 Å². The lowest BCUT2D eigenvalue weighted by Crippen LogP contribution is -2.15.